The molecular formula is C32H35ClN4O2. The first kappa shape index (κ1) is 26.1. The molecule has 202 valence electrons. The minimum atomic E-state index is -0.131. The first-order valence-corrected chi connectivity index (χ1v) is 14.4. The van der Waals surface area contributed by atoms with Crippen LogP contribution in [0.25, 0.3) is 11.0 Å². The summed E-state index contributed by atoms with van der Waals surface area (Å²) in [5.41, 5.74) is 4.60. The normalized spacial score (nSPS) is 19.1. The van der Waals surface area contributed by atoms with Crippen molar-refractivity contribution < 1.29 is 9.21 Å². The standard InChI is InChI=1S/C32H35ClN4O2/c33-28-6-3-24(4-7-28)20-36-13-9-23(10-14-36)16-25-5-8-30-27(17-25)18-31(39-30)32(38)35-29-11-15-37(22-29)21-26-2-1-12-34-19-26/h1-8,12,17-19,23,29H,9-11,13-16,20-22H2,(H,35,38)/t29-/m0/s1. The van der Waals surface area contributed by atoms with Crippen LogP contribution in [0.1, 0.15) is 46.5 Å². The second-order valence-corrected chi connectivity index (χ2v) is 11.5. The lowest BCUT2D eigenvalue weighted by molar-refractivity contribution is 0.0912. The Labute approximate surface area is 235 Å². The molecule has 0 spiro atoms. The van der Waals surface area contributed by atoms with Gasteiger partial charge in [0.2, 0.25) is 0 Å². The van der Waals surface area contributed by atoms with Crippen molar-refractivity contribution >= 4 is 28.5 Å². The van der Waals surface area contributed by atoms with Crippen LogP contribution < -0.4 is 5.32 Å². The maximum Gasteiger partial charge on any atom is 0.287 e. The lowest BCUT2D eigenvalue weighted by Crippen LogP contribution is -2.36. The number of hydrogen-bond acceptors (Lipinski definition) is 5. The minimum Gasteiger partial charge on any atom is -0.451 e. The summed E-state index contributed by atoms with van der Waals surface area (Å²) < 4.78 is 5.94. The Morgan fingerprint density at radius 2 is 1.69 bits per heavy atom. The van der Waals surface area contributed by atoms with Gasteiger partial charge in [-0.15, -0.1) is 0 Å². The molecule has 0 bridgehead atoms. The SMILES string of the molecule is O=C(N[C@H]1CCN(Cc2cccnc2)C1)c1cc2cc(CC3CCN(Cc4ccc(Cl)cc4)CC3)ccc2o1. The molecule has 39 heavy (non-hydrogen) atoms. The lowest BCUT2D eigenvalue weighted by Gasteiger charge is -2.32. The fraction of sp³-hybridized carbons (Fsp3) is 0.375. The Morgan fingerprint density at radius 3 is 2.49 bits per heavy atom. The second kappa shape index (κ2) is 11.9. The molecule has 2 aliphatic heterocycles. The number of fused-ring (bicyclic) bond motifs is 1. The topological polar surface area (TPSA) is 61.6 Å². The van der Waals surface area contributed by atoms with Gasteiger partial charge < -0.3 is 9.73 Å². The minimum absolute atomic E-state index is 0.128. The number of aromatic nitrogens is 1. The summed E-state index contributed by atoms with van der Waals surface area (Å²) >= 11 is 6.02. The number of benzene rings is 2. The number of likely N-dealkylation sites (tertiary alicyclic amines) is 2. The first-order chi connectivity index (χ1) is 19.1. The summed E-state index contributed by atoms with van der Waals surface area (Å²) in [6, 6.07) is 20.6. The highest BCUT2D eigenvalue weighted by molar-refractivity contribution is 6.30. The molecule has 7 heteroatoms. The smallest absolute Gasteiger partial charge is 0.287 e. The van der Waals surface area contributed by atoms with Crippen molar-refractivity contribution in [1.82, 2.24) is 20.1 Å². The Hall–Kier alpha value is -3.19. The number of amides is 1. The van der Waals surface area contributed by atoms with Crippen molar-refractivity contribution in [2.75, 3.05) is 26.2 Å². The van der Waals surface area contributed by atoms with Crippen LogP contribution in [-0.4, -0.2) is 52.9 Å². The van der Waals surface area contributed by atoms with E-state index in [1.54, 1.807) is 6.20 Å². The molecule has 6 nitrogen and oxygen atoms in total. The van der Waals surface area contributed by atoms with E-state index < -0.39 is 0 Å². The van der Waals surface area contributed by atoms with E-state index in [-0.39, 0.29) is 11.9 Å². The Kier molecular flexibility index (Phi) is 7.95. The fourth-order valence-corrected chi connectivity index (χ4v) is 6.09. The van der Waals surface area contributed by atoms with Crippen molar-refractivity contribution in [2.24, 2.45) is 5.92 Å². The van der Waals surface area contributed by atoms with Crippen LogP contribution >= 0.6 is 11.6 Å². The highest BCUT2D eigenvalue weighted by atomic mass is 35.5. The number of carbonyl (C=O) groups is 1. The summed E-state index contributed by atoms with van der Waals surface area (Å²) in [7, 11) is 0. The number of carbonyl (C=O) groups excluding carboxylic acids is 1. The Balaban J connectivity index is 0.997. The molecule has 4 aromatic rings. The number of piperidine rings is 1. The van der Waals surface area contributed by atoms with E-state index in [0.717, 1.165) is 68.1 Å². The van der Waals surface area contributed by atoms with Gasteiger partial charge in [0, 0.05) is 55.0 Å². The van der Waals surface area contributed by atoms with E-state index in [1.165, 1.54) is 29.5 Å². The number of halogens is 1. The average molecular weight is 543 g/mol. The van der Waals surface area contributed by atoms with Gasteiger partial charge in [-0.05, 0) is 97.8 Å². The molecule has 2 aromatic heterocycles. The van der Waals surface area contributed by atoms with Gasteiger partial charge in [0.15, 0.2) is 5.76 Å². The molecule has 0 radical (unpaired) electrons. The Morgan fingerprint density at radius 1 is 0.923 bits per heavy atom. The monoisotopic (exact) mass is 542 g/mol. The van der Waals surface area contributed by atoms with Crippen molar-refractivity contribution in [3.63, 3.8) is 0 Å². The fourth-order valence-electron chi connectivity index (χ4n) is 5.96. The van der Waals surface area contributed by atoms with Crippen LogP contribution in [0.5, 0.6) is 0 Å². The molecular weight excluding hydrogens is 508 g/mol. The van der Waals surface area contributed by atoms with Crippen LogP contribution in [0.15, 0.2) is 77.5 Å². The molecule has 6 rings (SSSR count). The van der Waals surface area contributed by atoms with E-state index in [2.05, 4.69) is 50.4 Å². The number of pyridine rings is 1. The van der Waals surface area contributed by atoms with Gasteiger partial charge in [-0.1, -0.05) is 35.9 Å². The number of hydrogen-bond donors (Lipinski definition) is 1. The van der Waals surface area contributed by atoms with Crippen molar-refractivity contribution in [3.8, 4) is 0 Å². The molecule has 1 atom stereocenters. The van der Waals surface area contributed by atoms with Crippen molar-refractivity contribution in [3.05, 3.63) is 101 Å². The maximum absolute atomic E-state index is 13.0. The number of furan rings is 1. The van der Waals surface area contributed by atoms with E-state index in [1.807, 2.05) is 36.5 Å². The third-order valence-corrected chi connectivity index (χ3v) is 8.34. The molecule has 2 saturated heterocycles. The zero-order valence-corrected chi connectivity index (χ0v) is 22.9. The van der Waals surface area contributed by atoms with Crippen LogP contribution in [0.4, 0.5) is 0 Å². The highest BCUT2D eigenvalue weighted by Gasteiger charge is 2.26. The number of nitrogens with zero attached hydrogens (tertiary/aromatic N) is 3. The predicted octanol–water partition coefficient (Wildman–Crippen LogP) is 5.94. The van der Waals surface area contributed by atoms with Crippen LogP contribution in [0.3, 0.4) is 0 Å². The van der Waals surface area contributed by atoms with Gasteiger partial charge in [-0.2, -0.15) is 0 Å². The maximum atomic E-state index is 13.0. The van der Waals surface area contributed by atoms with Crippen molar-refractivity contribution in [2.45, 2.75) is 44.8 Å². The van der Waals surface area contributed by atoms with Crippen LogP contribution in [-0.2, 0) is 19.5 Å². The molecule has 4 heterocycles. The summed E-state index contributed by atoms with van der Waals surface area (Å²) in [6.45, 7) is 5.87. The molecule has 2 aromatic carbocycles. The van der Waals surface area contributed by atoms with Gasteiger partial charge in [0.05, 0.1) is 0 Å². The average Bonchev–Trinajstić information content (AvgIpc) is 3.58. The van der Waals surface area contributed by atoms with E-state index >= 15 is 0 Å². The van der Waals surface area contributed by atoms with Gasteiger partial charge in [0.1, 0.15) is 5.58 Å². The summed E-state index contributed by atoms with van der Waals surface area (Å²) in [4.78, 5) is 22.1. The summed E-state index contributed by atoms with van der Waals surface area (Å²) in [5, 5.41) is 4.97. The van der Waals surface area contributed by atoms with E-state index in [9.17, 15) is 4.79 Å². The zero-order chi connectivity index (χ0) is 26.6. The van der Waals surface area contributed by atoms with Crippen LogP contribution in [0, 0.1) is 5.92 Å². The summed E-state index contributed by atoms with van der Waals surface area (Å²) in [5.74, 6) is 0.938. The van der Waals surface area contributed by atoms with Gasteiger partial charge in [-0.3, -0.25) is 19.6 Å². The quantitative estimate of drug-likeness (QED) is 0.298. The van der Waals surface area contributed by atoms with Gasteiger partial charge in [0.25, 0.3) is 5.91 Å². The number of nitrogens with one attached hydrogen (secondary N) is 1. The van der Waals surface area contributed by atoms with Crippen LogP contribution in [0.2, 0.25) is 5.02 Å². The molecule has 0 saturated carbocycles. The predicted molar refractivity (Wildman–Crippen MR) is 155 cm³/mol. The molecule has 1 amide bonds. The van der Waals surface area contributed by atoms with E-state index in [0.29, 0.717) is 11.7 Å². The molecule has 0 aliphatic carbocycles. The van der Waals surface area contributed by atoms with E-state index in [4.69, 9.17) is 16.0 Å². The molecule has 2 fully saturated rings. The largest absolute Gasteiger partial charge is 0.451 e. The summed E-state index contributed by atoms with van der Waals surface area (Å²) in [6.07, 6.45) is 8.09. The van der Waals surface area contributed by atoms with Gasteiger partial charge in [-0.25, -0.2) is 0 Å². The first-order valence-electron chi connectivity index (χ1n) is 14.0. The zero-order valence-electron chi connectivity index (χ0n) is 22.2. The molecule has 1 N–H and O–H groups in total. The Bertz CT molecular complexity index is 1400. The second-order valence-electron chi connectivity index (χ2n) is 11.1. The third kappa shape index (κ3) is 6.70. The third-order valence-electron chi connectivity index (χ3n) is 8.09. The number of rotatable bonds is 8. The van der Waals surface area contributed by atoms with Crippen molar-refractivity contribution in [1.29, 1.82) is 0 Å². The van der Waals surface area contributed by atoms with Gasteiger partial charge >= 0.3 is 0 Å². The lowest BCUT2D eigenvalue weighted by atomic mass is 9.89. The molecule has 0 unspecified atom stereocenters. The molecule has 2 aliphatic rings. The highest BCUT2D eigenvalue weighted by Crippen LogP contribution is 2.27.